The largest absolute Gasteiger partial charge is 0.507 e. The predicted molar refractivity (Wildman–Crippen MR) is 71.4 cm³/mol. The second kappa shape index (κ2) is 4.23. The number of amides is 1. The van der Waals surface area contributed by atoms with Crippen LogP contribution in [0.4, 0.5) is 0 Å². The minimum atomic E-state index is -0.212. The van der Waals surface area contributed by atoms with Gasteiger partial charge in [-0.05, 0) is 50.3 Å². The molecule has 1 aromatic carbocycles. The van der Waals surface area contributed by atoms with E-state index in [9.17, 15) is 9.90 Å². The number of rotatable bonds is 2. The van der Waals surface area contributed by atoms with Gasteiger partial charge in [-0.1, -0.05) is 6.07 Å². The first-order valence-electron chi connectivity index (χ1n) is 6.74. The highest BCUT2D eigenvalue weighted by Crippen LogP contribution is 2.47. The smallest absolute Gasteiger partial charge is 0.255 e. The summed E-state index contributed by atoms with van der Waals surface area (Å²) >= 11 is 0. The zero-order valence-corrected chi connectivity index (χ0v) is 11.3. The molecule has 1 atom stereocenters. The fraction of sp³-hybridized carbons (Fsp3) is 0.533. The van der Waals surface area contributed by atoms with Crippen molar-refractivity contribution in [3.63, 3.8) is 0 Å². The molecule has 2 fully saturated rings. The number of phenols is 1. The zero-order valence-electron chi connectivity index (χ0n) is 11.3. The Morgan fingerprint density at radius 3 is 2.79 bits per heavy atom. The molecule has 0 aromatic heterocycles. The Morgan fingerprint density at radius 1 is 1.42 bits per heavy atom. The summed E-state index contributed by atoms with van der Waals surface area (Å²) in [6.07, 6.45) is 3.10. The summed E-state index contributed by atoms with van der Waals surface area (Å²) in [6, 6.07) is 3.65. The predicted octanol–water partition coefficient (Wildman–Crippen LogP) is 2.06. The first kappa shape index (κ1) is 12.5. The van der Waals surface area contributed by atoms with Crippen molar-refractivity contribution in [3.05, 3.63) is 28.8 Å². The highest BCUT2D eigenvalue weighted by atomic mass is 16.5. The number of aryl methyl sites for hydroxylation is 2. The number of hydrogen-bond acceptors (Lipinski definition) is 3. The maximum Gasteiger partial charge on any atom is 0.255 e. The van der Waals surface area contributed by atoms with Gasteiger partial charge >= 0.3 is 0 Å². The molecule has 2 aliphatic rings. The molecule has 4 heteroatoms. The number of phenolic OH excluding ortho intramolecular Hbond substituents is 1. The molecule has 1 heterocycles. The van der Waals surface area contributed by atoms with Crippen molar-refractivity contribution in [2.45, 2.75) is 44.8 Å². The Bertz CT molecular complexity index is 534. The van der Waals surface area contributed by atoms with Crippen molar-refractivity contribution in [2.75, 3.05) is 6.61 Å². The van der Waals surface area contributed by atoms with Gasteiger partial charge in [-0.3, -0.25) is 4.79 Å². The van der Waals surface area contributed by atoms with Crippen LogP contribution in [-0.4, -0.2) is 29.3 Å². The molecule has 1 saturated heterocycles. The molecule has 1 aliphatic carbocycles. The lowest BCUT2D eigenvalue weighted by molar-refractivity contribution is 0.0843. The van der Waals surface area contributed by atoms with Gasteiger partial charge < -0.3 is 15.2 Å². The average molecular weight is 261 g/mol. The van der Waals surface area contributed by atoms with Gasteiger partial charge in [0.2, 0.25) is 0 Å². The molecular weight excluding hydrogens is 242 g/mol. The van der Waals surface area contributed by atoms with Crippen molar-refractivity contribution < 1.29 is 14.6 Å². The zero-order chi connectivity index (χ0) is 13.6. The third-order valence-electron chi connectivity index (χ3n) is 4.04. The number of hydrogen-bond donors (Lipinski definition) is 2. The Hall–Kier alpha value is -1.55. The van der Waals surface area contributed by atoms with E-state index in [0.717, 1.165) is 30.4 Å². The van der Waals surface area contributed by atoms with E-state index in [1.807, 2.05) is 13.0 Å². The standard InChI is InChI=1S/C15H19NO3/c1-9-5-10(2)13(17)12(6-9)14(18)16-11-7-15(3-4-15)19-8-11/h5-6,11,17H,3-4,7-8H2,1-2H3,(H,16,18). The minimum absolute atomic E-state index is 0.0580. The van der Waals surface area contributed by atoms with E-state index in [1.54, 1.807) is 13.0 Å². The lowest BCUT2D eigenvalue weighted by Gasteiger charge is -2.13. The summed E-state index contributed by atoms with van der Waals surface area (Å²) in [5.74, 6) is -0.140. The van der Waals surface area contributed by atoms with E-state index in [2.05, 4.69) is 5.32 Å². The molecule has 3 rings (SSSR count). The number of carbonyl (C=O) groups excluding carboxylic acids is 1. The third kappa shape index (κ3) is 2.32. The van der Waals surface area contributed by atoms with Crippen molar-refractivity contribution in [2.24, 2.45) is 0 Å². The number of carbonyl (C=O) groups is 1. The van der Waals surface area contributed by atoms with Crippen molar-refractivity contribution >= 4 is 5.91 Å². The van der Waals surface area contributed by atoms with Crippen LogP contribution >= 0.6 is 0 Å². The van der Waals surface area contributed by atoms with Crippen LogP contribution in [0.2, 0.25) is 0 Å². The lowest BCUT2D eigenvalue weighted by atomic mass is 10.0. The molecule has 102 valence electrons. The lowest BCUT2D eigenvalue weighted by Crippen LogP contribution is -2.35. The van der Waals surface area contributed by atoms with E-state index in [0.29, 0.717) is 12.2 Å². The Morgan fingerprint density at radius 2 is 2.16 bits per heavy atom. The Labute approximate surface area is 112 Å². The SMILES string of the molecule is Cc1cc(C)c(O)c(C(=O)NC2COC3(CC3)C2)c1. The molecule has 19 heavy (non-hydrogen) atoms. The van der Waals surface area contributed by atoms with Gasteiger partial charge in [-0.15, -0.1) is 0 Å². The fourth-order valence-corrected chi connectivity index (χ4v) is 2.82. The first-order valence-corrected chi connectivity index (χ1v) is 6.74. The molecule has 1 aromatic rings. The maximum absolute atomic E-state index is 12.2. The van der Waals surface area contributed by atoms with Crippen LogP contribution in [0, 0.1) is 13.8 Å². The molecule has 1 spiro atoms. The van der Waals surface area contributed by atoms with Gasteiger partial charge in [0.05, 0.1) is 23.8 Å². The summed E-state index contributed by atoms with van der Waals surface area (Å²) in [7, 11) is 0. The van der Waals surface area contributed by atoms with Crippen molar-refractivity contribution in [1.82, 2.24) is 5.32 Å². The van der Waals surface area contributed by atoms with E-state index in [4.69, 9.17) is 4.74 Å². The minimum Gasteiger partial charge on any atom is -0.507 e. The number of nitrogens with one attached hydrogen (secondary N) is 1. The number of ether oxygens (including phenoxy) is 1. The fourth-order valence-electron chi connectivity index (χ4n) is 2.82. The monoisotopic (exact) mass is 261 g/mol. The van der Waals surface area contributed by atoms with Gasteiger partial charge in [-0.25, -0.2) is 0 Å². The second-order valence-corrected chi connectivity index (χ2v) is 5.85. The Kier molecular flexibility index (Phi) is 2.78. The summed E-state index contributed by atoms with van der Waals surface area (Å²) < 4.78 is 5.70. The highest BCUT2D eigenvalue weighted by molar-refractivity contribution is 5.97. The first-order chi connectivity index (χ1) is 8.99. The summed E-state index contributed by atoms with van der Waals surface area (Å²) in [5, 5.41) is 13.0. The summed E-state index contributed by atoms with van der Waals surface area (Å²) in [4.78, 5) is 12.2. The maximum atomic E-state index is 12.2. The molecule has 0 radical (unpaired) electrons. The van der Waals surface area contributed by atoms with Crippen LogP contribution in [0.3, 0.4) is 0 Å². The molecule has 2 N–H and O–H groups in total. The van der Waals surface area contributed by atoms with Gasteiger partial charge in [-0.2, -0.15) is 0 Å². The quantitative estimate of drug-likeness (QED) is 0.856. The Balaban J connectivity index is 1.73. The van der Waals surface area contributed by atoms with E-state index in [-0.39, 0.29) is 23.3 Å². The van der Waals surface area contributed by atoms with Crippen LogP contribution in [0.25, 0.3) is 0 Å². The van der Waals surface area contributed by atoms with Crippen molar-refractivity contribution in [1.29, 1.82) is 0 Å². The normalized spacial score (nSPS) is 23.6. The van der Waals surface area contributed by atoms with Gasteiger partial charge in [0, 0.05) is 0 Å². The van der Waals surface area contributed by atoms with Crippen LogP contribution < -0.4 is 5.32 Å². The van der Waals surface area contributed by atoms with E-state index >= 15 is 0 Å². The molecule has 1 unspecified atom stereocenters. The van der Waals surface area contributed by atoms with Crippen LogP contribution in [0.1, 0.15) is 40.7 Å². The summed E-state index contributed by atoms with van der Waals surface area (Å²) in [5.41, 5.74) is 2.12. The highest BCUT2D eigenvalue weighted by Gasteiger charge is 2.50. The van der Waals surface area contributed by atoms with Gasteiger partial charge in [0.15, 0.2) is 0 Å². The summed E-state index contributed by atoms with van der Waals surface area (Å²) in [6.45, 7) is 4.30. The topological polar surface area (TPSA) is 58.6 Å². The number of benzene rings is 1. The van der Waals surface area contributed by atoms with Gasteiger partial charge in [0.25, 0.3) is 5.91 Å². The molecular formula is C15H19NO3. The second-order valence-electron chi connectivity index (χ2n) is 5.85. The molecule has 0 bridgehead atoms. The molecule has 1 saturated carbocycles. The van der Waals surface area contributed by atoms with E-state index < -0.39 is 0 Å². The van der Waals surface area contributed by atoms with E-state index in [1.165, 1.54) is 0 Å². The molecule has 4 nitrogen and oxygen atoms in total. The molecule has 1 amide bonds. The van der Waals surface area contributed by atoms with Crippen LogP contribution in [0.15, 0.2) is 12.1 Å². The average Bonchev–Trinajstić information content (AvgIpc) is 2.98. The van der Waals surface area contributed by atoms with Crippen LogP contribution in [0.5, 0.6) is 5.75 Å². The van der Waals surface area contributed by atoms with Gasteiger partial charge in [0.1, 0.15) is 5.75 Å². The molecule has 1 aliphatic heterocycles. The third-order valence-corrected chi connectivity index (χ3v) is 4.04. The number of aromatic hydroxyl groups is 1. The van der Waals surface area contributed by atoms with Crippen molar-refractivity contribution in [3.8, 4) is 5.75 Å². The van der Waals surface area contributed by atoms with Crippen LogP contribution in [-0.2, 0) is 4.74 Å².